The second kappa shape index (κ2) is 3.74. The molecule has 0 aromatic heterocycles. The summed E-state index contributed by atoms with van der Waals surface area (Å²) in [6.45, 7) is 1.60. The van der Waals surface area contributed by atoms with Gasteiger partial charge in [-0.3, -0.25) is 0 Å². The first-order valence-corrected chi connectivity index (χ1v) is 5.96. The molecule has 0 amide bonds. The lowest BCUT2D eigenvalue weighted by Gasteiger charge is -2.09. The molecule has 1 rings (SSSR count). The van der Waals surface area contributed by atoms with Crippen molar-refractivity contribution in [2.24, 2.45) is 0 Å². The summed E-state index contributed by atoms with van der Waals surface area (Å²) in [5.41, 5.74) is 0.508. The number of rotatable bonds is 2. The quantitative estimate of drug-likeness (QED) is 0.741. The SMILES string of the molecule is COc1c(C)ccc(F)c1S(=O)(=O)Cl. The monoisotopic (exact) mass is 238 g/mol. The van der Waals surface area contributed by atoms with E-state index in [1.807, 2.05) is 0 Å². The fraction of sp³-hybridized carbons (Fsp3) is 0.250. The number of methoxy groups -OCH3 is 1. The molecule has 0 aliphatic heterocycles. The van der Waals surface area contributed by atoms with Crippen molar-refractivity contribution < 1.29 is 17.5 Å². The van der Waals surface area contributed by atoms with Crippen LogP contribution in [0.3, 0.4) is 0 Å². The summed E-state index contributed by atoms with van der Waals surface area (Å²) in [4.78, 5) is -0.610. The van der Waals surface area contributed by atoms with E-state index in [9.17, 15) is 12.8 Å². The van der Waals surface area contributed by atoms with Crippen molar-refractivity contribution in [3.8, 4) is 5.75 Å². The van der Waals surface area contributed by atoms with Gasteiger partial charge in [0.2, 0.25) is 0 Å². The molecule has 0 N–H and O–H groups in total. The molecule has 14 heavy (non-hydrogen) atoms. The molecule has 0 spiro atoms. The first kappa shape index (κ1) is 11.3. The average molecular weight is 239 g/mol. The lowest BCUT2D eigenvalue weighted by molar-refractivity contribution is 0.392. The molecular formula is C8H8ClFO3S. The van der Waals surface area contributed by atoms with Crippen LogP contribution < -0.4 is 4.74 Å². The van der Waals surface area contributed by atoms with Crippen LogP contribution in [-0.2, 0) is 9.05 Å². The van der Waals surface area contributed by atoms with Crippen LogP contribution in [0.15, 0.2) is 17.0 Å². The maximum absolute atomic E-state index is 13.2. The Morgan fingerprint density at radius 3 is 2.36 bits per heavy atom. The summed E-state index contributed by atoms with van der Waals surface area (Å²) in [7, 11) is 2.20. The molecule has 1 aromatic carbocycles. The summed E-state index contributed by atoms with van der Waals surface area (Å²) in [6.07, 6.45) is 0. The van der Waals surface area contributed by atoms with Gasteiger partial charge >= 0.3 is 0 Å². The summed E-state index contributed by atoms with van der Waals surface area (Å²) in [5, 5.41) is 0. The summed E-state index contributed by atoms with van der Waals surface area (Å²) in [5.74, 6) is -0.970. The van der Waals surface area contributed by atoms with Gasteiger partial charge in [0.05, 0.1) is 7.11 Å². The molecule has 78 valence electrons. The lowest BCUT2D eigenvalue weighted by Crippen LogP contribution is -2.01. The van der Waals surface area contributed by atoms with Crippen LogP contribution in [0, 0.1) is 12.7 Å². The van der Waals surface area contributed by atoms with Crippen LogP contribution in [0.25, 0.3) is 0 Å². The minimum Gasteiger partial charge on any atom is -0.495 e. The van der Waals surface area contributed by atoms with Gasteiger partial charge in [-0.15, -0.1) is 0 Å². The van der Waals surface area contributed by atoms with Gasteiger partial charge in [0.1, 0.15) is 11.6 Å². The maximum atomic E-state index is 13.2. The van der Waals surface area contributed by atoms with Crippen LogP contribution in [0.4, 0.5) is 4.39 Å². The highest BCUT2D eigenvalue weighted by Crippen LogP contribution is 2.32. The molecule has 0 radical (unpaired) electrons. The number of aryl methyl sites for hydroxylation is 1. The van der Waals surface area contributed by atoms with E-state index in [0.717, 1.165) is 6.07 Å². The zero-order valence-corrected chi connectivity index (χ0v) is 9.12. The van der Waals surface area contributed by atoms with Gasteiger partial charge in [0.25, 0.3) is 9.05 Å². The van der Waals surface area contributed by atoms with Crippen molar-refractivity contribution in [3.05, 3.63) is 23.5 Å². The molecule has 0 fully saturated rings. The Kier molecular flexibility index (Phi) is 3.01. The predicted octanol–water partition coefficient (Wildman–Crippen LogP) is 2.07. The standard InChI is InChI=1S/C8H8ClFO3S/c1-5-3-4-6(10)8(7(5)13-2)14(9,11)12/h3-4H,1-2H3. The second-order valence-electron chi connectivity index (χ2n) is 2.66. The molecule has 0 aliphatic carbocycles. The van der Waals surface area contributed by atoms with Crippen LogP contribution >= 0.6 is 10.7 Å². The zero-order chi connectivity index (χ0) is 10.9. The molecule has 0 atom stereocenters. The third-order valence-electron chi connectivity index (χ3n) is 1.71. The number of hydrogen-bond acceptors (Lipinski definition) is 3. The molecule has 0 bridgehead atoms. The van der Waals surface area contributed by atoms with Crippen molar-refractivity contribution in [3.63, 3.8) is 0 Å². The number of halogens is 2. The van der Waals surface area contributed by atoms with Gasteiger partial charge in [-0.1, -0.05) is 6.07 Å². The van der Waals surface area contributed by atoms with Crippen LogP contribution in [-0.4, -0.2) is 15.5 Å². The highest BCUT2D eigenvalue weighted by molar-refractivity contribution is 8.13. The van der Waals surface area contributed by atoms with E-state index in [2.05, 4.69) is 0 Å². The predicted molar refractivity (Wildman–Crippen MR) is 50.7 cm³/mol. The number of benzene rings is 1. The smallest absolute Gasteiger partial charge is 0.267 e. The molecule has 0 aliphatic rings. The summed E-state index contributed by atoms with van der Waals surface area (Å²) in [6, 6.07) is 2.45. The summed E-state index contributed by atoms with van der Waals surface area (Å²) >= 11 is 0. The van der Waals surface area contributed by atoms with Crippen LogP contribution in [0.2, 0.25) is 0 Å². The topological polar surface area (TPSA) is 43.4 Å². The molecule has 0 saturated heterocycles. The normalized spacial score (nSPS) is 11.4. The minimum absolute atomic E-state index is 0.0556. The lowest BCUT2D eigenvalue weighted by atomic mass is 10.2. The van der Waals surface area contributed by atoms with Gasteiger partial charge in [0.15, 0.2) is 4.90 Å². The Bertz CT molecular complexity index is 456. The van der Waals surface area contributed by atoms with Crippen molar-refractivity contribution in [1.29, 1.82) is 0 Å². The van der Waals surface area contributed by atoms with Crippen molar-refractivity contribution in [2.75, 3.05) is 7.11 Å². The molecule has 0 saturated carbocycles. The Labute approximate surface area is 85.9 Å². The molecule has 0 heterocycles. The first-order valence-electron chi connectivity index (χ1n) is 3.65. The van der Waals surface area contributed by atoms with Gasteiger partial charge in [-0.2, -0.15) is 0 Å². The van der Waals surface area contributed by atoms with E-state index in [-0.39, 0.29) is 5.75 Å². The van der Waals surface area contributed by atoms with Gasteiger partial charge < -0.3 is 4.74 Å². The fourth-order valence-corrected chi connectivity index (χ4v) is 2.32. The average Bonchev–Trinajstić information content (AvgIpc) is 2.06. The van der Waals surface area contributed by atoms with E-state index in [4.69, 9.17) is 15.4 Å². The number of hydrogen-bond donors (Lipinski definition) is 0. The first-order chi connectivity index (χ1) is 6.38. The van der Waals surface area contributed by atoms with E-state index < -0.39 is 19.8 Å². The van der Waals surface area contributed by atoms with Gasteiger partial charge in [-0.05, 0) is 18.6 Å². The number of ether oxygens (including phenoxy) is 1. The molecule has 0 unspecified atom stereocenters. The maximum Gasteiger partial charge on any atom is 0.267 e. The second-order valence-corrected chi connectivity index (χ2v) is 5.17. The Hall–Kier alpha value is -0.810. The summed E-state index contributed by atoms with van der Waals surface area (Å²) < 4.78 is 40.0. The van der Waals surface area contributed by atoms with Crippen molar-refractivity contribution in [2.45, 2.75) is 11.8 Å². The Morgan fingerprint density at radius 1 is 1.43 bits per heavy atom. The van der Waals surface area contributed by atoms with Gasteiger partial charge in [0, 0.05) is 10.7 Å². The molecule has 3 nitrogen and oxygen atoms in total. The Balaban J connectivity index is 3.63. The van der Waals surface area contributed by atoms with E-state index in [1.165, 1.54) is 13.2 Å². The van der Waals surface area contributed by atoms with E-state index in [0.29, 0.717) is 5.56 Å². The fourth-order valence-electron chi connectivity index (χ4n) is 1.12. The third kappa shape index (κ3) is 1.99. The Morgan fingerprint density at radius 2 is 2.00 bits per heavy atom. The highest BCUT2D eigenvalue weighted by atomic mass is 35.7. The van der Waals surface area contributed by atoms with Crippen molar-refractivity contribution in [1.82, 2.24) is 0 Å². The van der Waals surface area contributed by atoms with Crippen LogP contribution in [0.1, 0.15) is 5.56 Å². The van der Waals surface area contributed by atoms with E-state index >= 15 is 0 Å². The van der Waals surface area contributed by atoms with Gasteiger partial charge in [-0.25, -0.2) is 12.8 Å². The van der Waals surface area contributed by atoms with E-state index in [1.54, 1.807) is 6.92 Å². The minimum atomic E-state index is -4.13. The largest absolute Gasteiger partial charge is 0.495 e. The van der Waals surface area contributed by atoms with Crippen molar-refractivity contribution >= 4 is 19.7 Å². The highest BCUT2D eigenvalue weighted by Gasteiger charge is 2.23. The molecular weight excluding hydrogens is 231 g/mol. The third-order valence-corrected chi connectivity index (χ3v) is 3.04. The van der Waals surface area contributed by atoms with Crippen LogP contribution in [0.5, 0.6) is 5.75 Å². The molecule has 1 aromatic rings. The molecule has 6 heteroatoms. The zero-order valence-electron chi connectivity index (χ0n) is 7.54.